The predicted molar refractivity (Wildman–Crippen MR) is 103 cm³/mol. The van der Waals surface area contributed by atoms with Crippen molar-refractivity contribution < 1.29 is 4.79 Å². The first kappa shape index (κ1) is 17.1. The molecule has 0 saturated carbocycles. The van der Waals surface area contributed by atoms with E-state index in [1.54, 1.807) is 12.1 Å². The largest absolute Gasteiger partial charge is 0.399 e. The van der Waals surface area contributed by atoms with Gasteiger partial charge < -0.3 is 21.7 Å². The first-order valence-corrected chi connectivity index (χ1v) is 8.59. The summed E-state index contributed by atoms with van der Waals surface area (Å²) in [5.41, 5.74) is 14.1. The lowest BCUT2D eigenvalue weighted by molar-refractivity contribution is 0.100. The van der Waals surface area contributed by atoms with Gasteiger partial charge in [-0.2, -0.15) is 0 Å². The van der Waals surface area contributed by atoms with E-state index in [1.165, 1.54) is 5.69 Å². The fourth-order valence-electron chi connectivity index (χ4n) is 3.14. The number of benzene rings is 2. The first-order chi connectivity index (χ1) is 12.1. The van der Waals surface area contributed by atoms with Crippen molar-refractivity contribution in [2.75, 3.05) is 55.2 Å². The smallest absolute Gasteiger partial charge is 0.250 e. The van der Waals surface area contributed by atoms with E-state index in [-0.39, 0.29) is 0 Å². The molecule has 6 nitrogen and oxygen atoms in total. The molecule has 2 aromatic rings. The number of nitrogens with one attached hydrogen (secondary N) is 1. The highest BCUT2D eigenvalue weighted by Crippen LogP contribution is 2.19. The molecule has 2 aromatic carbocycles. The maximum absolute atomic E-state index is 11.5. The zero-order valence-corrected chi connectivity index (χ0v) is 14.3. The van der Waals surface area contributed by atoms with Crippen molar-refractivity contribution in [3.63, 3.8) is 0 Å². The maximum atomic E-state index is 11.5. The summed E-state index contributed by atoms with van der Waals surface area (Å²) in [5, 5.41) is 3.30. The Morgan fingerprint density at radius 1 is 1.04 bits per heavy atom. The second kappa shape index (κ2) is 7.90. The minimum atomic E-state index is -0.466. The van der Waals surface area contributed by atoms with Crippen LogP contribution in [0.1, 0.15) is 10.4 Å². The van der Waals surface area contributed by atoms with Crippen LogP contribution in [0.2, 0.25) is 0 Å². The molecule has 0 atom stereocenters. The molecule has 1 heterocycles. The fraction of sp³-hybridized carbons (Fsp3) is 0.316. The Kier molecular flexibility index (Phi) is 5.40. The van der Waals surface area contributed by atoms with E-state index in [0.717, 1.165) is 45.0 Å². The highest BCUT2D eigenvalue weighted by Gasteiger charge is 2.16. The lowest BCUT2D eigenvalue weighted by Crippen LogP contribution is -2.47. The van der Waals surface area contributed by atoms with Gasteiger partial charge in [0.2, 0.25) is 0 Å². The molecule has 25 heavy (non-hydrogen) atoms. The molecule has 6 heteroatoms. The van der Waals surface area contributed by atoms with Crippen molar-refractivity contribution >= 4 is 23.0 Å². The number of anilines is 3. The van der Waals surface area contributed by atoms with Crippen molar-refractivity contribution in [2.24, 2.45) is 5.73 Å². The summed E-state index contributed by atoms with van der Waals surface area (Å²) in [6.45, 7) is 5.79. The number of primary amides is 1. The zero-order valence-electron chi connectivity index (χ0n) is 14.3. The second-order valence-corrected chi connectivity index (χ2v) is 6.26. The molecule has 132 valence electrons. The zero-order chi connectivity index (χ0) is 17.6. The molecule has 1 aliphatic heterocycles. The molecule has 0 aromatic heterocycles. The quantitative estimate of drug-likeness (QED) is 0.696. The molecule has 0 spiro atoms. The predicted octanol–water partition coefficient (Wildman–Crippen LogP) is 1.60. The summed E-state index contributed by atoms with van der Waals surface area (Å²) in [7, 11) is 0. The fourth-order valence-corrected chi connectivity index (χ4v) is 3.14. The normalized spacial score (nSPS) is 15.1. The minimum absolute atomic E-state index is 0.439. The van der Waals surface area contributed by atoms with Crippen LogP contribution in [0, 0.1) is 0 Å². The lowest BCUT2D eigenvalue weighted by Gasteiger charge is -2.36. The number of nitrogens with two attached hydrogens (primary N) is 2. The van der Waals surface area contributed by atoms with Gasteiger partial charge in [0.05, 0.1) is 5.56 Å². The topological polar surface area (TPSA) is 87.6 Å². The minimum Gasteiger partial charge on any atom is -0.399 e. The van der Waals surface area contributed by atoms with E-state index in [4.69, 9.17) is 11.5 Å². The Balaban J connectivity index is 1.47. The second-order valence-electron chi connectivity index (χ2n) is 6.26. The number of carbonyl (C=O) groups is 1. The average molecular weight is 339 g/mol. The molecule has 1 fully saturated rings. The van der Waals surface area contributed by atoms with Gasteiger partial charge in [-0.25, -0.2) is 0 Å². The third-order valence-corrected chi connectivity index (χ3v) is 4.55. The summed E-state index contributed by atoms with van der Waals surface area (Å²) >= 11 is 0. The van der Waals surface area contributed by atoms with E-state index in [9.17, 15) is 4.79 Å². The lowest BCUT2D eigenvalue weighted by atomic mass is 10.1. The van der Waals surface area contributed by atoms with Gasteiger partial charge in [-0.05, 0) is 30.3 Å². The highest BCUT2D eigenvalue weighted by molar-refractivity contribution is 5.99. The van der Waals surface area contributed by atoms with Crippen molar-refractivity contribution in [3.8, 4) is 0 Å². The van der Waals surface area contributed by atoms with E-state index in [1.807, 2.05) is 12.1 Å². The van der Waals surface area contributed by atoms with Crippen LogP contribution in [-0.4, -0.2) is 50.1 Å². The Bertz CT molecular complexity index is 711. The van der Waals surface area contributed by atoms with Crippen molar-refractivity contribution in [3.05, 3.63) is 54.1 Å². The van der Waals surface area contributed by atoms with Gasteiger partial charge in [0, 0.05) is 56.3 Å². The summed E-state index contributed by atoms with van der Waals surface area (Å²) < 4.78 is 0. The number of carbonyl (C=O) groups excluding carboxylic acids is 1. The highest BCUT2D eigenvalue weighted by atomic mass is 16.1. The van der Waals surface area contributed by atoms with Gasteiger partial charge in [0.1, 0.15) is 0 Å². The SMILES string of the molecule is NC(=O)c1cc(N)ccc1NCCN1CCN(c2ccccc2)CC1. The molecular formula is C19H25N5O. The average Bonchev–Trinajstić information content (AvgIpc) is 2.64. The summed E-state index contributed by atoms with van der Waals surface area (Å²) in [5.74, 6) is -0.466. The number of piperazine rings is 1. The van der Waals surface area contributed by atoms with Crippen molar-refractivity contribution in [1.29, 1.82) is 0 Å². The molecule has 3 rings (SSSR count). The maximum Gasteiger partial charge on any atom is 0.250 e. The Labute approximate surface area is 148 Å². The van der Waals surface area contributed by atoms with Crippen LogP contribution in [0.3, 0.4) is 0 Å². The van der Waals surface area contributed by atoms with Crippen LogP contribution in [0.4, 0.5) is 17.1 Å². The number of amides is 1. The number of nitrogen functional groups attached to an aromatic ring is 1. The number of para-hydroxylation sites is 1. The van der Waals surface area contributed by atoms with Crippen LogP contribution < -0.4 is 21.7 Å². The number of hydrogen-bond acceptors (Lipinski definition) is 5. The van der Waals surface area contributed by atoms with Crippen LogP contribution in [0.25, 0.3) is 0 Å². The van der Waals surface area contributed by atoms with Gasteiger partial charge in [-0.1, -0.05) is 18.2 Å². The standard InChI is InChI=1S/C19H25N5O/c20-15-6-7-18(17(14-15)19(21)25)22-8-9-23-10-12-24(13-11-23)16-4-2-1-3-5-16/h1-7,14,22H,8-13,20H2,(H2,21,25). The molecule has 1 amide bonds. The molecule has 0 bridgehead atoms. The van der Waals surface area contributed by atoms with Crippen molar-refractivity contribution in [1.82, 2.24) is 4.90 Å². The summed E-state index contributed by atoms with van der Waals surface area (Å²) in [4.78, 5) is 16.4. The van der Waals surface area contributed by atoms with Crippen LogP contribution in [0.5, 0.6) is 0 Å². The molecule has 0 radical (unpaired) electrons. The van der Waals surface area contributed by atoms with Crippen LogP contribution in [0.15, 0.2) is 48.5 Å². The molecule has 5 N–H and O–H groups in total. The van der Waals surface area contributed by atoms with Crippen LogP contribution >= 0.6 is 0 Å². The van der Waals surface area contributed by atoms with Gasteiger partial charge >= 0.3 is 0 Å². The third kappa shape index (κ3) is 4.42. The van der Waals surface area contributed by atoms with Crippen molar-refractivity contribution in [2.45, 2.75) is 0 Å². The number of rotatable bonds is 6. The Hall–Kier alpha value is -2.73. The molecular weight excluding hydrogens is 314 g/mol. The van der Waals surface area contributed by atoms with Gasteiger partial charge in [0.15, 0.2) is 0 Å². The first-order valence-electron chi connectivity index (χ1n) is 8.59. The summed E-state index contributed by atoms with van der Waals surface area (Å²) in [6, 6.07) is 15.7. The van der Waals surface area contributed by atoms with Gasteiger partial charge in [0.25, 0.3) is 5.91 Å². The van der Waals surface area contributed by atoms with E-state index >= 15 is 0 Å². The molecule has 0 unspecified atom stereocenters. The van der Waals surface area contributed by atoms with Gasteiger partial charge in [-0.15, -0.1) is 0 Å². The van der Waals surface area contributed by atoms with E-state index < -0.39 is 5.91 Å². The van der Waals surface area contributed by atoms with Crippen LogP contribution in [-0.2, 0) is 0 Å². The molecule has 1 saturated heterocycles. The third-order valence-electron chi connectivity index (χ3n) is 4.55. The van der Waals surface area contributed by atoms with E-state index in [0.29, 0.717) is 11.3 Å². The molecule has 0 aliphatic carbocycles. The number of hydrogen-bond donors (Lipinski definition) is 3. The Morgan fingerprint density at radius 2 is 1.76 bits per heavy atom. The van der Waals surface area contributed by atoms with E-state index in [2.05, 4.69) is 39.4 Å². The number of nitrogens with zero attached hydrogens (tertiary/aromatic N) is 2. The monoisotopic (exact) mass is 339 g/mol. The summed E-state index contributed by atoms with van der Waals surface area (Å²) in [6.07, 6.45) is 0. The Morgan fingerprint density at radius 3 is 2.44 bits per heavy atom. The molecule has 1 aliphatic rings. The van der Waals surface area contributed by atoms with Gasteiger partial charge in [-0.3, -0.25) is 9.69 Å².